The number of hydrogen-bond acceptors (Lipinski definition) is 5. The van der Waals surface area contributed by atoms with Gasteiger partial charge in [0.2, 0.25) is 0 Å². The van der Waals surface area contributed by atoms with Gasteiger partial charge in [-0.2, -0.15) is 0 Å². The molecule has 1 fully saturated rings. The minimum absolute atomic E-state index is 0.591. The highest BCUT2D eigenvalue weighted by Gasteiger charge is 2.26. The molecule has 0 spiro atoms. The van der Waals surface area contributed by atoms with Crippen molar-refractivity contribution >= 4 is 17.2 Å². The standard InChI is InChI=1S/C27H29N7/c1-18-16-21(17-30-19(18)2)25-24(20-6-8-22(28-3)9-7-20)31-27(26-29-12-15-34(25)26)33-13-10-23(11-14-33)32(4)5/h6-9,12,15-17,23H,10-11,13-14H2,1-2,4-5H3. The molecule has 0 atom stereocenters. The Balaban J connectivity index is 1.70. The normalized spacial score (nSPS) is 14.6. The minimum Gasteiger partial charge on any atom is -0.353 e. The van der Waals surface area contributed by atoms with Gasteiger partial charge >= 0.3 is 0 Å². The van der Waals surface area contributed by atoms with Gasteiger partial charge in [0, 0.05) is 49.0 Å². The number of piperidine rings is 1. The largest absolute Gasteiger partial charge is 0.353 e. The second kappa shape index (κ2) is 8.88. The molecule has 1 saturated heterocycles. The van der Waals surface area contributed by atoms with Crippen molar-refractivity contribution in [3.63, 3.8) is 0 Å². The maximum absolute atomic E-state index is 7.32. The minimum atomic E-state index is 0.591. The molecule has 7 heteroatoms. The van der Waals surface area contributed by atoms with E-state index in [1.807, 2.05) is 49.8 Å². The molecular weight excluding hydrogens is 422 g/mol. The van der Waals surface area contributed by atoms with E-state index < -0.39 is 0 Å². The van der Waals surface area contributed by atoms with E-state index >= 15 is 0 Å². The Morgan fingerprint density at radius 3 is 2.41 bits per heavy atom. The smallest absolute Gasteiger partial charge is 0.187 e. The van der Waals surface area contributed by atoms with Crippen LogP contribution in [-0.4, -0.2) is 57.5 Å². The summed E-state index contributed by atoms with van der Waals surface area (Å²) in [7, 11) is 4.31. The van der Waals surface area contributed by atoms with Crippen LogP contribution < -0.4 is 4.90 Å². The molecule has 0 N–H and O–H groups in total. The van der Waals surface area contributed by atoms with Crippen LogP contribution in [-0.2, 0) is 0 Å². The summed E-state index contributed by atoms with van der Waals surface area (Å²) >= 11 is 0. The molecule has 3 aromatic heterocycles. The molecular formula is C27H29N7. The fourth-order valence-corrected chi connectivity index (χ4v) is 4.72. The van der Waals surface area contributed by atoms with Crippen molar-refractivity contribution in [2.75, 3.05) is 32.1 Å². The van der Waals surface area contributed by atoms with Crippen LogP contribution in [0.15, 0.2) is 48.9 Å². The third-order valence-electron chi connectivity index (χ3n) is 6.90. The molecule has 172 valence electrons. The second-order valence-electron chi connectivity index (χ2n) is 9.22. The molecule has 0 saturated carbocycles. The van der Waals surface area contributed by atoms with Crippen molar-refractivity contribution in [3.05, 3.63) is 71.6 Å². The zero-order valence-electron chi connectivity index (χ0n) is 20.2. The summed E-state index contributed by atoms with van der Waals surface area (Å²) in [5, 5.41) is 0. The Morgan fingerprint density at radius 1 is 1.03 bits per heavy atom. The fraction of sp³-hybridized carbons (Fsp3) is 0.333. The Kier molecular flexibility index (Phi) is 5.76. The molecule has 1 aromatic carbocycles. The Hall–Kier alpha value is -3.76. The summed E-state index contributed by atoms with van der Waals surface area (Å²) < 4.78 is 2.14. The zero-order valence-corrected chi connectivity index (χ0v) is 20.2. The van der Waals surface area contributed by atoms with Gasteiger partial charge in [-0.3, -0.25) is 9.38 Å². The van der Waals surface area contributed by atoms with Crippen LogP contribution in [0.4, 0.5) is 11.5 Å². The average molecular weight is 452 g/mol. The van der Waals surface area contributed by atoms with Crippen LogP contribution in [0.3, 0.4) is 0 Å². The number of hydrogen-bond donors (Lipinski definition) is 0. The fourth-order valence-electron chi connectivity index (χ4n) is 4.72. The summed E-state index contributed by atoms with van der Waals surface area (Å²) in [6.45, 7) is 13.3. The van der Waals surface area contributed by atoms with Crippen molar-refractivity contribution in [2.24, 2.45) is 0 Å². The SMILES string of the molecule is [C-]#[N+]c1ccc(-c2nc(N3CCC(N(C)C)CC3)c3nccn3c2-c2cnc(C)c(C)c2)cc1. The molecule has 5 rings (SSSR count). The number of fused-ring (bicyclic) bond motifs is 1. The van der Waals surface area contributed by atoms with Crippen LogP contribution in [0.2, 0.25) is 0 Å². The third kappa shape index (κ3) is 3.91. The van der Waals surface area contributed by atoms with E-state index in [0.29, 0.717) is 11.7 Å². The van der Waals surface area contributed by atoms with Crippen LogP contribution in [0.25, 0.3) is 33.0 Å². The first-order chi connectivity index (χ1) is 16.5. The van der Waals surface area contributed by atoms with Crippen molar-refractivity contribution in [2.45, 2.75) is 32.7 Å². The number of nitrogens with zero attached hydrogens (tertiary/aromatic N) is 7. The van der Waals surface area contributed by atoms with Crippen LogP contribution in [0, 0.1) is 20.4 Å². The molecule has 4 aromatic rings. The Labute approximate surface area is 200 Å². The number of anilines is 1. The number of pyridine rings is 1. The summed E-state index contributed by atoms with van der Waals surface area (Å²) in [5.41, 5.74) is 7.44. The van der Waals surface area contributed by atoms with Crippen LogP contribution in [0.1, 0.15) is 24.1 Å². The van der Waals surface area contributed by atoms with Gasteiger partial charge in [0.05, 0.1) is 18.0 Å². The predicted molar refractivity (Wildman–Crippen MR) is 136 cm³/mol. The van der Waals surface area contributed by atoms with Crippen molar-refractivity contribution in [3.8, 4) is 22.5 Å². The lowest BCUT2D eigenvalue weighted by Crippen LogP contribution is -2.42. The average Bonchev–Trinajstić information content (AvgIpc) is 3.35. The lowest BCUT2D eigenvalue weighted by atomic mass is 10.0. The van der Waals surface area contributed by atoms with Gasteiger partial charge in [0.15, 0.2) is 17.2 Å². The molecule has 0 unspecified atom stereocenters. The molecule has 0 aliphatic carbocycles. The van der Waals surface area contributed by atoms with E-state index in [2.05, 4.69) is 51.1 Å². The number of aromatic nitrogens is 4. The van der Waals surface area contributed by atoms with Gasteiger partial charge in [-0.25, -0.2) is 14.8 Å². The summed E-state index contributed by atoms with van der Waals surface area (Å²) in [4.78, 5) is 22.8. The first-order valence-corrected chi connectivity index (χ1v) is 11.7. The monoisotopic (exact) mass is 451 g/mol. The van der Waals surface area contributed by atoms with Gasteiger partial charge in [-0.15, -0.1) is 0 Å². The highest BCUT2D eigenvalue weighted by Crippen LogP contribution is 2.36. The van der Waals surface area contributed by atoms with Crippen LogP contribution >= 0.6 is 0 Å². The number of aryl methyl sites for hydroxylation is 2. The number of imidazole rings is 1. The van der Waals surface area contributed by atoms with Crippen molar-refractivity contribution in [1.29, 1.82) is 0 Å². The van der Waals surface area contributed by atoms with E-state index in [-0.39, 0.29) is 0 Å². The number of rotatable bonds is 4. The Bertz CT molecular complexity index is 1370. The predicted octanol–water partition coefficient (Wildman–Crippen LogP) is 5.16. The molecule has 0 radical (unpaired) electrons. The van der Waals surface area contributed by atoms with Crippen molar-refractivity contribution in [1.82, 2.24) is 24.3 Å². The lowest BCUT2D eigenvalue weighted by Gasteiger charge is -2.36. The van der Waals surface area contributed by atoms with Gasteiger partial charge in [-0.1, -0.05) is 24.3 Å². The second-order valence-corrected chi connectivity index (χ2v) is 9.22. The zero-order chi connectivity index (χ0) is 23.8. The third-order valence-corrected chi connectivity index (χ3v) is 6.90. The molecule has 7 nitrogen and oxygen atoms in total. The van der Waals surface area contributed by atoms with E-state index in [9.17, 15) is 0 Å². The maximum atomic E-state index is 7.32. The molecule has 0 bridgehead atoms. The molecule has 34 heavy (non-hydrogen) atoms. The summed E-state index contributed by atoms with van der Waals surface area (Å²) in [6.07, 6.45) is 7.96. The quantitative estimate of drug-likeness (QED) is 0.401. The van der Waals surface area contributed by atoms with Gasteiger partial charge in [-0.05, 0) is 58.0 Å². The van der Waals surface area contributed by atoms with E-state index in [1.54, 1.807) is 0 Å². The highest BCUT2D eigenvalue weighted by molar-refractivity contribution is 5.84. The molecule has 0 amide bonds. The van der Waals surface area contributed by atoms with E-state index in [0.717, 1.165) is 71.2 Å². The first-order valence-electron chi connectivity index (χ1n) is 11.7. The summed E-state index contributed by atoms with van der Waals surface area (Å²) in [5.74, 6) is 0.909. The van der Waals surface area contributed by atoms with Gasteiger partial charge < -0.3 is 9.80 Å². The van der Waals surface area contributed by atoms with E-state index in [1.165, 1.54) is 0 Å². The first kappa shape index (κ1) is 22.1. The van der Waals surface area contributed by atoms with Gasteiger partial charge in [0.25, 0.3) is 0 Å². The molecule has 4 heterocycles. The van der Waals surface area contributed by atoms with Crippen molar-refractivity contribution < 1.29 is 0 Å². The lowest BCUT2D eigenvalue weighted by molar-refractivity contribution is 0.249. The van der Waals surface area contributed by atoms with Crippen LogP contribution in [0.5, 0.6) is 0 Å². The molecule has 1 aliphatic rings. The highest BCUT2D eigenvalue weighted by atomic mass is 15.2. The Morgan fingerprint density at radius 2 is 1.76 bits per heavy atom. The van der Waals surface area contributed by atoms with E-state index in [4.69, 9.17) is 16.5 Å². The number of benzene rings is 1. The maximum Gasteiger partial charge on any atom is 0.187 e. The molecule has 1 aliphatic heterocycles. The van der Waals surface area contributed by atoms with Gasteiger partial charge in [0.1, 0.15) is 0 Å². The topological polar surface area (TPSA) is 53.9 Å². The summed E-state index contributed by atoms with van der Waals surface area (Å²) in [6, 6.07) is 10.4.